The van der Waals surface area contributed by atoms with Crippen molar-refractivity contribution in [1.82, 2.24) is 0 Å². The van der Waals surface area contributed by atoms with Crippen LogP contribution in [0.3, 0.4) is 0 Å². The van der Waals surface area contributed by atoms with Crippen molar-refractivity contribution in [2.24, 2.45) is 0 Å². The molecule has 30 heavy (non-hydrogen) atoms. The summed E-state index contributed by atoms with van der Waals surface area (Å²) in [5.74, 6) is -0.431. The predicted molar refractivity (Wildman–Crippen MR) is 118 cm³/mol. The molecule has 1 aliphatic carbocycles. The summed E-state index contributed by atoms with van der Waals surface area (Å²) in [6.45, 7) is 1.98. The first-order chi connectivity index (χ1) is 14.2. The third kappa shape index (κ3) is 5.25. The van der Waals surface area contributed by atoms with E-state index in [2.05, 4.69) is 10.6 Å². The van der Waals surface area contributed by atoms with E-state index in [1.807, 2.05) is 0 Å². The molecule has 1 aliphatic rings. The fourth-order valence-electron chi connectivity index (χ4n) is 3.30. The first-order valence-corrected chi connectivity index (χ1v) is 11.1. The van der Waals surface area contributed by atoms with E-state index in [-0.39, 0.29) is 22.4 Å². The van der Waals surface area contributed by atoms with Gasteiger partial charge in [-0.3, -0.25) is 0 Å². The number of nitrogens with one attached hydrogen (secondary N) is 2. The second kappa shape index (κ2) is 9.53. The standard InChI is InChI=1S/C20H20ClF3N2O2S2/c1-2-28-18(27)16-12-6-4-3-5-7-15(12)30-17(16)26-19(29)25-14-10-11(20(22,23)24)8-9-13(14)21/h8-10H,2-7H2,1H3,(H2,25,26,29). The molecule has 10 heteroatoms. The van der Waals surface area contributed by atoms with Crippen LogP contribution in [0.15, 0.2) is 18.2 Å². The molecule has 0 unspecified atom stereocenters. The summed E-state index contributed by atoms with van der Waals surface area (Å²) in [6, 6.07) is 2.96. The Hall–Kier alpha value is -1.84. The molecular weight excluding hydrogens is 457 g/mol. The molecule has 1 aromatic heterocycles. The van der Waals surface area contributed by atoms with Gasteiger partial charge >= 0.3 is 12.1 Å². The van der Waals surface area contributed by atoms with Gasteiger partial charge in [0.25, 0.3) is 0 Å². The third-order valence-corrected chi connectivity index (χ3v) is 6.41. The number of ether oxygens (including phenoxy) is 1. The maximum atomic E-state index is 13.0. The highest BCUT2D eigenvalue weighted by Gasteiger charge is 2.31. The van der Waals surface area contributed by atoms with Crippen LogP contribution in [0.1, 0.15) is 52.5 Å². The van der Waals surface area contributed by atoms with Crippen LogP contribution in [0, 0.1) is 0 Å². The number of anilines is 2. The van der Waals surface area contributed by atoms with E-state index in [1.54, 1.807) is 6.92 Å². The summed E-state index contributed by atoms with van der Waals surface area (Å²) in [7, 11) is 0. The number of hydrogen-bond acceptors (Lipinski definition) is 4. The Kier molecular flexibility index (Phi) is 7.26. The second-order valence-corrected chi connectivity index (χ2v) is 8.68. The number of hydrogen-bond donors (Lipinski definition) is 2. The SMILES string of the molecule is CCOC(=O)c1c(NC(=S)Nc2cc(C(F)(F)F)ccc2Cl)sc2c1CCCCC2. The minimum Gasteiger partial charge on any atom is -0.462 e. The van der Waals surface area contributed by atoms with E-state index in [0.717, 1.165) is 60.7 Å². The van der Waals surface area contributed by atoms with Gasteiger partial charge in [-0.15, -0.1) is 11.3 Å². The third-order valence-electron chi connectivity index (χ3n) is 4.67. The van der Waals surface area contributed by atoms with E-state index < -0.39 is 17.7 Å². The van der Waals surface area contributed by atoms with Crippen LogP contribution in [0.2, 0.25) is 5.02 Å². The molecule has 0 bridgehead atoms. The normalized spacial score (nSPS) is 13.9. The number of esters is 1. The lowest BCUT2D eigenvalue weighted by molar-refractivity contribution is -0.137. The maximum absolute atomic E-state index is 13.0. The number of thiophene rings is 1. The van der Waals surface area contributed by atoms with Gasteiger partial charge < -0.3 is 15.4 Å². The van der Waals surface area contributed by atoms with Crippen molar-refractivity contribution in [3.63, 3.8) is 0 Å². The number of fused-ring (bicyclic) bond motifs is 1. The average molecular weight is 477 g/mol. The summed E-state index contributed by atoms with van der Waals surface area (Å²) in [5.41, 5.74) is 0.614. The van der Waals surface area contributed by atoms with E-state index in [0.29, 0.717) is 10.6 Å². The maximum Gasteiger partial charge on any atom is 0.416 e. The highest BCUT2D eigenvalue weighted by atomic mass is 35.5. The van der Waals surface area contributed by atoms with Gasteiger partial charge in [-0.1, -0.05) is 18.0 Å². The van der Waals surface area contributed by atoms with E-state index in [1.165, 1.54) is 11.3 Å². The van der Waals surface area contributed by atoms with Gasteiger partial charge in [0.1, 0.15) is 5.00 Å². The number of benzene rings is 1. The topological polar surface area (TPSA) is 50.4 Å². The molecule has 0 atom stereocenters. The van der Waals surface area contributed by atoms with Crippen molar-refractivity contribution >= 4 is 56.9 Å². The number of thiocarbonyl (C=S) groups is 1. The van der Waals surface area contributed by atoms with Crippen molar-refractivity contribution in [3.05, 3.63) is 44.8 Å². The van der Waals surface area contributed by atoms with Gasteiger partial charge in [0.05, 0.1) is 28.4 Å². The molecular formula is C20H20ClF3N2O2S2. The number of alkyl halides is 3. The molecule has 1 heterocycles. The first-order valence-electron chi connectivity index (χ1n) is 9.47. The number of rotatable bonds is 4. The molecule has 4 nitrogen and oxygen atoms in total. The molecule has 2 aromatic rings. The summed E-state index contributed by atoms with van der Waals surface area (Å²) in [6.07, 6.45) is 0.268. The Morgan fingerprint density at radius 3 is 2.67 bits per heavy atom. The van der Waals surface area contributed by atoms with Crippen molar-refractivity contribution in [2.75, 3.05) is 17.2 Å². The lowest BCUT2D eigenvalue weighted by Gasteiger charge is -2.14. The van der Waals surface area contributed by atoms with Crippen molar-refractivity contribution in [3.8, 4) is 0 Å². The van der Waals surface area contributed by atoms with Crippen LogP contribution in [-0.4, -0.2) is 17.7 Å². The Morgan fingerprint density at radius 2 is 1.97 bits per heavy atom. The minimum atomic E-state index is -4.50. The smallest absolute Gasteiger partial charge is 0.416 e. The largest absolute Gasteiger partial charge is 0.462 e. The van der Waals surface area contributed by atoms with Crippen LogP contribution in [0.25, 0.3) is 0 Å². The van der Waals surface area contributed by atoms with Gasteiger partial charge in [0.2, 0.25) is 0 Å². The number of carbonyl (C=O) groups excluding carboxylic acids is 1. The van der Waals surface area contributed by atoms with Gasteiger partial charge in [-0.2, -0.15) is 13.2 Å². The zero-order valence-corrected chi connectivity index (χ0v) is 18.5. The van der Waals surface area contributed by atoms with Crippen LogP contribution in [-0.2, 0) is 23.8 Å². The molecule has 3 rings (SSSR count). The number of halogens is 4. The van der Waals surface area contributed by atoms with Gasteiger partial charge in [0.15, 0.2) is 5.11 Å². The minimum absolute atomic E-state index is 0.0276. The Balaban J connectivity index is 1.86. The predicted octanol–water partition coefficient (Wildman–Crippen LogP) is 6.67. The molecule has 0 saturated carbocycles. The lowest BCUT2D eigenvalue weighted by atomic mass is 10.1. The molecule has 0 radical (unpaired) electrons. The van der Waals surface area contributed by atoms with E-state index in [9.17, 15) is 18.0 Å². The Bertz CT molecular complexity index is 960. The van der Waals surface area contributed by atoms with Crippen molar-refractivity contribution in [2.45, 2.75) is 45.2 Å². The van der Waals surface area contributed by atoms with Gasteiger partial charge in [-0.25, -0.2) is 4.79 Å². The van der Waals surface area contributed by atoms with Crippen molar-refractivity contribution in [1.29, 1.82) is 0 Å². The fourth-order valence-corrected chi connectivity index (χ4v) is 5.03. The zero-order valence-electron chi connectivity index (χ0n) is 16.1. The van der Waals surface area contributed by atoms with Crippen LogP contribution < -0.4 is 10.6 Å². The second-order valence-electron chi connectivity index (χ2n) is 6.76. The van der Waals surface area contributed by atoms with Gasteiger partial charge in [-0.05, 0) is 68.6 Å². The molecule has 0 saturated heterocycles. The number of carbonyl (C=O) groups is 1. The summed E-state index contributed by atoms with van der Waals surface area (Å²) in [5, 5.41) is 6.33. The zero-order chi connectivity index (χ0) is 21.9. The molecule has 0 spiro atoms. The summed E-state index contributed by atoms with van der Waals surface area (Å²) < 4.78 is 44.2. The van der Waals surface area contributed by atoms with Crippen molar-refractivity contribution < 1.29 is 22.7 Å². The average Bonchev–Trinajstić information content (AvgIpc) is 2.83. The van der Waals surface area contributed by atoms with Crippen LogP contribution in [0.4, 0.5) is 23.9 Å². The first kappa shape index (κ1) is 22.8. The Labute approximate surface area is 186 Å². The summed E-state index contributed by atoms with van der Waals surface area (Å²) >= 11 is 12.7. The Morgan fingerprint density at radius 1 is 1.23 bits per heavy atom. The highest BCUT2D eigenvalue weighted by Crippen LogP contribution is 2.38. The van der Waals surface area contributed by atoms with Crippen LogP contribution >= 0.6 is 35.2 Å². The molecule has 162 valence electrons. The van der Waals surface area contributed by atoms with Gasteiger partial charge in [0, 0.05) is 4.88 Å². The quantitative estimate of drug-likeness (QED) is 0.293. The highest BCUT2D eigenvalue weighted by molar-refractivity contribution is 7.80. The summed E-state index contributed by atoms with van der Waals surface area (Å²) in [4.78, 5) is 13.7. The molecule has 1 aromatic carbocycles. The molecule has 0 aliphatic heterocycles. The van der Waals surface area contributed by atoms with E-state index >= 15 is 0 Å². The fraction of sp³-hybridized carbons (Fsp3) is 0.400. The number of aryl methyl sites for hydroxylation is 1. The molecule has 2 N–H and O–H groups in total. The molecule has 0 amide bonds. The van der Waals surface area contributed by atoms with E-state index in [4.69, 9.17) is 28.6 Å². The molecule has 0 fully saturated rings. The van der Waals surface area contributed by atoms with Crippen LogP contribution in [0.5, 0.6) is 0 Å². The monoisotopic (exact) mass is 476 g/mol. The lowest BCUT2D eigenvalue weighted by Crippen LogP contribution is -2.21.